The molecule has 1 aromatic heterocycles. The first-order valence-corrected chi connectivity index (χ1v) is 7.42. The van der Waals surface area contributed by atoms with Gasteiger partial charge in [-0.3, -0.25) is 0 Å². The molecule has 2 heteroatoms. The third kappa shape index (κ3) is 1.81. The molecule has 0 bridgehead atoms. The number of para-hydroxylation sites is 1. The van der Waals surface area contributed by atoms with Crippen LogP contribution in [-0.4, -0.2) is 7.05 Å². The van der Waals surface area contributed by atoms with Gasteiger partial charge >= 0.3 is 0 Å². The van der Waals surface area contributed by atoms with E-state index in [1.54, 1.807) is 0 Å². The van der Waals surface area contributed by atoms with Crippen LogP contribution in [-0.2, 0) is 0 Å². The van der Waals surface area contributed by atoms with Crippen LogP contribution in [0.1, 0.15) is 36.6 Å². The molecule has 2 fully saturated rings. The number of nitrogens with one attached hydrogen (secondary N) is 1. The molecule has 0 amide bonds. The highest BCUT2D eigenvalue weighted by molar-refractivity contribution is 5.81. The third-order valence-corrected chi connectivity index (χ3v) is 5.13. The summed E-state index contributed by atoms with van der Waals surface area (Å²) in [5.41, 5.74) is 2.29. The Labute approximate surface area is 114 Å². The molecule has 100 valence electrons. The summed E-state index contributed by atoms with van der Waals surface area (Å²) in [5, 5.41) is 4.72. The molecule has 0 spiro atoms. The molecule has 3 atom stereocenters. The monoisotopic (exact) mass is 255 g/mol. The minimum absolute atomic E-state index is 0.389. The Morgan fingerprint density at radius 1 is 1.21 bits per heavy atom. The lowest BCUT2D eigenvalue weighted by molar-refractivity contribution is 0.315. The summed E-state index contributed by atoms with van der Waals surface area (Å²) in [4.78, 5) is 0. The van der Waals surface area contributed by atoms with Crippen LogP contribution in [0.25, 0.3) is 11.0 Å². The fraction of sp³-hybridized carbons (Fsp3) is 0.529. The van der Waals surface area contributed by atoms with Gasteiger partial charge in [-0.15, -0.1) is 0 Å². The predicted molar refractivity (Wildman–Crippen MR) is 77.1 cm³/mol. The van der Waals surface area contributed by atoms with E-state index >= 15 is 0 Å². The van der Waals surface area contributed by atoms with Gasteiger partial charge < -0.3 is 9.73 Å². The molecule has 0 saturated heterocycles. The highest BCUT2D eigenvalue weighted by atomic mass is 16.3. The molecule has 2 nitrogen and oxygen atoms in total. The van der Waals surface area contributed by atoms with Crippen molar-refractivity contribution in [2.75, 3.05) is 7.05 Å². The van der Waals surface area contributed by atoms with E-state index < -0.39 is 0 Å². The first kappa shape index (κ1) is 11.5. The number of benzene rings is 1. The van der Waals surface area contributed by atoms with Gasteiger partial charge in [-0.1, -0.05) is 18.2 Å². The molecule has 4 rings (SSSR count). The van der Waals surface area contributed by atoms with Crippen molar-refractivity contribution in [1.82, 2.24) is 5.32 Å². The van der Waals surface area contributed by atoms with Gasteiger partial charge in [-0.2, -0.15) is 0 Å². The highest BCUT2D eigenvalue weighted by Crippen LogP contribution is 2.57. The van der Waals surface area contributed by atoms with Gasteiger partial charge in [0, 0.05) is 5.39 Å². The highest BCUT2D eigenvalue weighted by Gasteiger charge is 2.48. The first-order chi connectivity index (χ1) is 9.26. The largest absolute Gasteiger partial charge is 0.459 e. The lowest BCUT2D eigenvalue weighted by Gasteiger charge is -2.22. The molecule has 2 aliphatic rings. The molecule has 2 aliphatic carbocycles. The van der Waals surface area contributed by atoms with Crippen molar-refractivity contribution in [1.29, 1.82) is 0 Å². The average molecular weight is 255 g/mol. The van der Waals surface area contributed by atoms with E-state index in [1.807, 2.05) is 0 Å². The van der Waals surface area contributed by atoms with Crippen molar-refractivity contribution in [2.24, 2.45) is 17.8 Å². The number of furan rings is 1. The number of fused-ring (bicyclic) bond motifs is 2. The molecule has 1 heterocycles. The Hall–Kier alpha value is -1.28. The van der Waals surface area contributed by atoms with Crippen LogP contribution in [0, 0.1) is 24.7 Å². The standard InChI is InChI=1S/C17H21NO/c1-10-4-3-5-11-9-15(19-17(10)11)16(18-2)14-7-12-6-13(12)8-14/h3-5,9,12-14,16,18H,6-8H2,1-2H3. The quantitative estimate of drug-likeness (QED) is 0.895. The second kappa shape index (κ2) is 4.11. The SMILES string of the molecule is CNC(c1cc2cccc(C)c2o1)C1CC2CC2C1. The maximum atomic E-state index is 6.15. The second-order valence-corrected chi connectivity index (χ2v) is 6.40. The molecule has 19 heavy (non-hydrogen) atoms. The van der Waals surface area contributed by atoms with Gasteiger partial charge in [-0.05, 0) is 62.6 Å². The predicted octanol–water partition coefficient (Wildman–Crippen LogP) is 4.05. The van der Waals surface area contributed by atoms with E-state index in [2.05, 4.69) is 43.6 Å². The summed E-state index contributed by atoms with van der Waals surface area (Å²) in [7, 11) is 2.06. The van der Waals surface area contributed by atoms with E-state index in [0.717, 1.165) is 29.1 Å². The van der Waals surface area contributed by atoms with Crippen molar-refractivity contribution < 1.29 is 4.42 Å². The van der Waals surface area contributed by atoms with Crippen molar-refractivity contribution in [2.45, 2.75) is 32.2 Å². The Kier molecular flexibility index (Phi) is 2.49. The minimum Gasteiger partial charge on any atom is -0.459 e. The maximum Gasteiger partial charge on any atom is 0.137 e. The van der Waals surface area contributed by atoms with Crippen LogP contribution in [0.4, 0.5) is 0 Å². The van der Waals surface area contributed by atoms with E-state index in [1.165, 1.54) is 30.2 Å². The van der Waals surface area contributed by atoms with Gasteiger partial charge in [0.15, 0.2) is 0 Å². The van der Waals surface area contributed by atoms with Gasteiger partial charge in [0.1, 0.15) is 11.3 Å². The first-order valence-electron chi connectivity index (χ1n) is 7.42. The fourth-order valence-electron chi connectivity index (χ4n) is 4.03. The third-order valence-electron chi connectivity index (χ3n) is 5.13. The molecule has 2 aromatic rings. The van der Waals surface area contributed by atoms with Crippen molar-refractivity contribution in [3.8, 4) is 0 Å². The van der Waals surface area contributed by atoms with Gasteiger partial charge in [0.2, 0.25) is 0 Å². The molecule has 1 aromatic carbocycles. The summed E-state index contributed by atoms with van der Waals surface area (Å²) in [6.07, 6.45) is 4.24. The van der Waals surface area contributed by atoms with Crippen LogP contribution in [0.3, 0.4) is 0 Å². The Bertz CT molecular complexity index is 605. The maximum absolute atomic E-state index is 6.15. The number of hydrogen-bond donors (Lipinski definition) is 1. The zero-order valence-electron chi connectivity index (χ0n) is 11.6. The van der Waals surface area contributed by atoms with E-state index in [-0.39, 0.29) is 0 Å². The summed E-state index contributed by atoms with van der Waals surface area (Å²) < 4.78 is 6.15. The Morgan fingerprint density at radius 2 is 2.00 bits per heavy atom. The summed E-state index contributed by atoms with van der Waals surface area (Å²) in [6.45, 7) is 2.12. The van der Waals surface area contributed by atoms with E-state index in [4.69, 9.17) is 4.42 Å². The molecule has 1 N–H and O–H groups in total. The van der Waals surface area contributed by atoms with Crippen LogP contribution in [0.15, 0.2) is 28.7 Å². The Morgan fingerprint density at radius 3 is 2.68 bits per heavy atom. The van der Waals surface area contributed by atoms with Crippen molar-refractivity contribution >= 4 is 11.0 Å². The van der Waals surface area contributed by atoms with Gasteiger partial charge in [-0.25, -0.2) is 0 Å². The van der Waals surface area contributed by atoms with E-state index in [0.29, 0.717) is 6.04 Å². The lowest BCUT2D eigenvalue weighted by Crippen LogP contribution is -2.24. The van der Waals surface area contributed by atoms with Crippen LogP contribution in [0.2, 0.25) is 0 Å². The zero-order valence-corrected chi connectivity index (χ0v) is 11.6. The zero-order chi connectivity index (χ0) is 13.0. The molecular weight excluding hydrogens is 234 g/mol. The molecule has 2 saturated carbocycles. The van der Waals surface area contributed by atoms with Crippen molar-refractivity contribution in [3.05, 3.63) is 35.6 Å². The summed E-state index contributed by atoms with van der Waals surface area (Å²) in [5.74, 6) is 3.92. The smallest absolute Gasteiger partial charge is 0.137 e. The van der Waals surface area contributed by atoms with Crippen LogP contribution < -0.4 is 5.32 Å². The molecular formula is C17H21NO. The molecule has 0 aliphatic heterocycles. The fourth-order valence-corrected chi connectivity index (χ4v) is 4.03. The minimum atomic E-state index is 0.389. The number of rotatable bonds is 3. The topological polar surface area (TPSA) is 25.2 Å². The Balaban J connectivity index is 1.69. The summed E-state index contributed by atoms with van der Waals surface area (Å²) in [6, 6.07) is 8.99. The van der Waals surface area contributed by atoms with Crippen LogP contribution >= 0.6 is 0 Å². The van der Waals surface area contributed by atoms with Gasteiger partial charge in [0.05, 0.1) is 6.04 Å². The average Bonchev–Trinajstić information content (AvgIpc) is 2.85. The van der Waals surface area contributed by atoms with Crippen LogP contribution in [0.5, 0.6) is 0 Å². The van der Waals surface area contributed by atoms with Crippen molar-refractivity contribution in [3.63, 3.8) is 0 Å². The number of hydrogen-bond acceptors (Lipinski definition) is 2. The summed E-state index contributed by atoms with van der Waals surface area (Å²) >= 11 is 0. The molecule has 0 radical (unpaired) electrons. The van der Waals surface area contributed by atoms with Gasteiger partial charge in [0.25, 0.3) is 0 Å². The number of aryl methyl sites for hydroxylation is 1. The molecule has 3 unspecified atom stereocenters. The lowest BCUT2D eigenvalue weighted by atomic mass is 9.92. The van der Waals surface area contributed by atoms with E-state index in [9.17, 15) is 0 Å². The second-order valence-electron chi connectivity index (χ2n) is 6.40. The normalized spacial score (nSPS) is 30.5.